The van der Waals surface area contributed by atoms with E-state index in [2.05, 4.69) is 50.9 Å². The molecular formula is C34H60N2O3. The molecule has 0 heterocycles. The normalized spacial score (nSPS) is 36.6. The summed E-state index contributed by atoms with van der Waals surface area (Å²) < 4.78 is 5.90. The number of allylic oxidation sites excluding steroid dienone is 1. The Labute approximate surface area is 239 Å². The average Bonchev–Trinajstić information content (AvgIpc) is 3.24. The number of nitrogens with zero attached hydrogens (tertiary/aromatic N) is 1. The summed E-state index contributed by atoms with van der Waals surface area (Å²) in [7, 11) is 1.99. The Kier molecular flexibility index (Phi) is 10.5. The predicted molar refractivity (Wildman–Crippen MR) is 161 cm³/mol. The van der Waals surface area contributed by atoms with Crippen molar-refractivity contribution in [2.45, 2.75) is 118 Å². The number of fused-ring (bicyclic) bond motifs is 5. The van der Waals surface area contributed by atoms with Crippen LogP contribution in [0.3, 0.4) is 0 Å². The van der Waals surface area contributed by atoms with Gasteiger partial charge in [0, 0.05) is 19.5 Å². The topological polar surface area (TPSA) is 61.8 Å². The first-order valence-electron chi connectivity index (χ1n) is 16.5. The molecule has 3 fully saturated rings. The van der Waals surface area contributed by atoms with Crippen LogP contribution in [0.2, 0.25) is 0 Å². The fourth-order valence-electron chi connectivity index (χ4n) is 9.77. The Morgan fingerprint density at radius 1 is 1.08 bits per heavy atom. The molecular weight excluding hydrogens is 484 g/mol. The number of hydrogen-bond acceptors (Lipinski definition) is 4. The van der Waals surface area contributed by atoms with Crippen LogP contribution in [0.25, 0.3) is 0 Å². The molecule has 0 bridgehead atoms. The lowest BCUT2D eigenvalue weighted by atomic mass is 9.47. The molecule has 4 aliphatic carbocycles. The molecule has 5 nitrogen and oxygen atoms in total. The minimum absolute atomic E-state index is 0.00865. The van der Waals surface area contributed by atoms with Crippen LogP contribution in [0, 0.1) is 46.3 Å². The molecule has 0 spiro atoms. The Balaban J connectivity index is 1.31. The van der Waals surface area contributed by atoms with Gasteiger partial charge in [-0.3, -0.25) is 0 Å². The van der Waals surface area contributed by atoms with E-state index in [0.29, 0.717) is 23.9 Å². The van der Waals surface area contributed by atoms with Gasteiger partial charge in [0.25, 0.3) is 0 Å². The van der Waals surface area contributed by atoms with E-state index in [-0.39, 0.29) is 18.8 Å². The number of ether oxygens (including phenoxy) is 1. The van der Waals surface area contributed by atoms with Crippen LogP contribution in [0.5, 0.6) is 0 Å². The van der Waals surface area contributed by atoms with Crippen molar-refractivity contribution in [3.05, 3.63) is 11.6 Å². The lowest BCUT2D eigenvalue weighted by Crippen LogP contribution is -2.51. The SMILES string of the molecule is CC(C)CCC[C@@H](C)[C@H]1CC[C@H]2[C@@H]3CC=C4C[C@@H](OC(=O)NCCCN(C)CCO)CC[C@]4(C)[C@H]3CC[C@]12C. The molecule has 0 aromatic carbocycles. The molecule has 8 atom stereocenters. The lowest BCUT2D eigenvalue weighted by molar-refractivity contribution is -0.0581. The van der Waals surface area contributed by atoms with Gasteiger partial charge >= 0.3 is 6.09 Å². The lowest BCUT2D eigenvalue weighted by Gasteiger charge is -2.58. The zero-order valence-corrected chi connectivity index (χ0v) is 26.1. The Morgan fingerprint density at radius 3 is 2.62 bits per heavy atom. The Bertz CT molecular complexity index is 842. The summed E-state index contributed by atoms with van der Waals surface area (Å²) in [5.74, 6) is 5.13. The highest BCUT2D eigenvalue weighted by Crippen LogP contribution is 2.67. The maximum Gasteiger partial charge on any atom is 0.407 e. The first-order valence-corrected chi connectivity index (χ1v) is 16.5. The molecule has 0 aliphatic heterocycles. The molecule has 3 saturated carbocycles. The fourth-order valence-corrected chi connectivity index (χ4v) is 9.77. The second-order valence-electron chi connectivity index (χ2n) is 14.9. The largest absolute Gasteiger partial charge is 0.446 e. The van der Waals surface area contributed by atoms with Gasteiger partial charge in [0.05, 0.1) is 6.61 Å². The summed E-state index contributed by atoms with van der Waals surface area (Å²) >= 11 is 0. The van der Waals surface area contributed by atoms with E-state index < -0.39 is 0 Å². The van der Waals surface area contributed by atoms with Gasteiger partial charge in [-0.25, -0.2) is 4.79 Å². The number of hydrogen-bond donors (Lipinski definition) is 2. The molecule has 0 aromatic heterocycles. The first-order chi connectivity index (χ1) is 18.6. The molecule has 4 rings (SSSR count). The molecule has 0 radical (unpaired) electrons. The number of amides is 1. The number of alkyl carbamates (subject to hydrolysis) is 1. The highest BCUT2D eigenvalue weighted by Gasteiger charge is 2.59. The summed E-state index contributed by atoms with van der Waals surface area (Å²) in [6, 6.07) is 0. The van der Waals surface area contributed by atoms with Crippen molar-refractivity contribution in [1.29, 1.82) is 0 Å². The molecule has 0 saturated heterocycles. The van der Waals surface area contributed by atoms with Crippen LogP contribution in [0.4, 0.5) is 4.79 Å². The van der Waals surface area contributed by atoms with E-state index in [0.717, 1.165) is 67.7 Å². The molecule has 2 N–H and O–H groups in total. The second kappa shape index (κ2) is 13.3. The van der Waals surface area contributed by atoms with Crippen molar-refractivity contribution >= 4 is 6.09 Å². The minimum Gasteiger partial charge on any atom is -0.446 e. The van der Waals surface area contributed by atoms with E-state index in [1.165, 1.54) is 51.4 Å². The van der Waals surface area contributed by atoms with E-state index in [4.69, 9.17) is 9.84 Å². The van der Waals surface area contributed by atoms with Crippen molar-refractivity contribution in [3.63, 3.8) is 0 Å². The van der Waals surface area contributed by atoms with Crippen LogP contribution in [0.15, 0.2) is 11.6 Å². The fraction of sp³-hybridized carbons (Fsp3) is 0.912. The molecule has 39 heavy (non-hydrogen) atoms. The number of likely N-dealkylation sites (N-methyl/N-ethyl adjacent to an activating group) is 1. The standard InChI is InChI=1S/C34H60N2O3/c1-24(2)9-7-10-25(3)29-13-14-30-28-12-11-26-23-27(39-32(38)35-19-8-20-36(6)21-22-37)15-17-33(26,4)31(28)16-18-34(29,30)5/h11,24-25,27-31,37H,7-10,12-23H2,1-6H3,(H,35,38)/t25-,27+,28+,29-,30+,31+,33+,34-/m1/s1. The quantitative estimate of drug-likeness (QED) is 0.198. The molecule has 0 aromatic rings. The number of carbonyl (C=O) groups excluding carboxylic acids is 1. The van der Waals surface area contributed by atoms with Gasteiger partial charge in [0.1, 0.15) is 6.10 Å². The number of aliphatic hydroxyl groups is 1. The summed E-state index contributed by atoms with van der Waals surface area (Å²) in [6.45, 7) is 14.8. The van der Waals surface area contributed by atoms with E-state index >= 15 is 0 Å². The number of rotatable bonds is 12. The summed E-state index contributed by atoms with van der Waals surface area (Å²) in [5.41, 5.74) is 2.41. The van der Waals surface area contributed by atoms with Crippen molar-refractivity contribution < 1.29 is 14.6 Å². The van der Waals surface area contributed by atoms with E-state index in [1.807, 2.05) is 7.05 Å². The van der Waals surface area contributed by atoms with Gasteiger partial charge in [0.15, 0.2) is 0 Å². The van der Waals surface area contributed by atoms with Gasteiger partial charge < -0.3 is 20.1 Å². The summed E-state index contributed by atoms with van der Waals surface area (Å²) in [6.07, 6.45) is 17.4. The molecule has 224 valence electrons. The summed E-state index contributed by atoms with van der Waals surface area (Å²) in [4.78, 5) is 14.6. The third-order valence-corrected chi connectivity index (χ3v) is 12.0. The average molecular weight is 545 g/mol. The third kappa shape index (κ3) is 6.88. The third-order valence-electron chi connectivity index (χ3n) is 12.0. The van der Waals surface area contributed by atoms with Gasteiger partial charge in [0.2, 0.25) is 0 Å². The van der Waals surface area contributed by atoms with E-state index in [1.54, 1.807) is 5.57 Å². The molecule has 0 unspecified atom stereocenters. The highest BCUT2D eigenvalue weighted by atomic mass is 16.6. The molecule has 1 amide bonds. The predicted octanol–water partition coefficient (Wildman–Crippen LogP) is 7.44. The minimum atomic E-state index is -0.268. The van der Waals surface area contributed by atoms with Gasteiger partial charge in [-0.05, 0) is 111 Å². The molecule has 5 heteroatoms. The number of carbonyl (C=O) groups is 1. The Morgan fingerprint density at radius 2 is 1.87 bits per heavy atom. The van der Waals surface area contributed by atoms with Crippen LogP contribution in [0.1, 0.15) is 112 Å². The van der Waals surface area contributed by atoms with Crippen LogP contribution in [-0.4, -0.2) is 55.5 Å². The van der Waals surface area contributed by atoms with Gasteiger partial charge in [-0.15, -0.1) is 0 Å². The van der Waals surface area contributed by atoms with E-state index in [9.17, 15) is 4.79 Å². The second-order valence-corrected chi connectivity index (χ2v) is 14.9. The van der Waals surface area contributed by atoms with Crippen molar-refractivity contribution in [1.82, 2.24) is 10.2 Å². The van der Waals surface area contributed by atoms with Crippen LogP contribution >= 0.6 is 0 Å². The highest BCUT2D eigenvalue weighted by molar-refractivity contribution is 5.67. The Hall–Kier alpha value is -1.07. The molecule has 4 aliphatic rings. The van der Waals surface area contributed by atoms with Crippen molar-refractivity contribution in [2.75, 3.05) is 33.3 Å². The van der Waals surface area contributed by atoms with Gasteiger partial charge in [-0.1, -0.05) is 65.5 Å². The first kappa shape index (κ1) is 30.9. The monoisotopic (exact) mass is 544 g/mol. The van der Waals surface area contributed by atoms with Crippen molar-refractivity contribution in [3.8, 4) is 0 Å². The maximum atomic E-state index is 12.5. The zero-order chi connectivity index (χ0) is 28.2. The zero-order valence-electron chi connectivity index (χ0n) is 26.1. The number of nitrogens with one attached hydrogen (secondary N) is 1. The van der Waals surface area contributed by atoms with Crippen LogP contribution in [-0.2, 0) is 4.74 Å². The van der Waals surface area contributed by atoms with Crippen molar-refractivity contribution in [2.24, 2.45) is 46.3 Å². The smallest absolute Gasteiger partial charge is 0.407 e. The van der Waals surface area contributed by atoms with Gasteiger partial charge in [-0.2, -0.15) is 0 Å². The maximum absolute atomic E-state index is 12.5. The summed E-state index contributed by atoms with van der Waals surface area (Å²) in [5, 5.41) is 12.0. The van der Waals surface area contributed by atoms with Crippen LogP contribution < -0.4 is 5.32 Å². The number of aliphatic hydroxyl groups excluding tert-OH is 1.